The summed E-state index contributed by atoms with van der Waals surface area (Å²) < 4.78 is 26.7. The van der Waals surface area contributed by atoms with Crippen molar-refractivity contribution in [2.75, 3.05) is 26.7 Å². The summed E-state index contributed by atoms with van der Waals surface area (Å²) >= 11 is 0. The van der Waals surface area contributed by atoms with Gasteiger partial charge in [-0.2, -0.15) is 4.31 Å². The first kappa shape index (κ1) is 16.4. The zero-order valence-corrected chi connectivity index (χ0v) is 13.4. The Morgan fingerprint density at radius 2 is 2.05 bits per heavy atom. The van der Waals surface area contributed by atoms with E-state index in [0.717, 1.165) is 12.0 Å². The summed E-state index contributed by atoms with van der Waals surface area (Å²) in [5.74, 6) is 0.272. The summed E-state index contributed by atoms with van der Waals surface area (Å²) in [6.07, 6.45) is 1.50. The Bertz CT molecular complexity index is 557. The molecule has 1 aromatic carbocycles. The first-order chi connectivity index (χ1) is 9.98. The van der Waals surface area contributed by atoms with Crippen molar-refractivity contribution >= 4 is 10.0 Å². The maximum atomic E-state index is 12.6. The van der Waals surface area contributed by atoms with Gasteiger partial charge in [0, 0.05) is 25.7 Å². The molecule has 0 spiro atoms. The molecule has 2 N–H and O–H groups in total. The molecule has 21 heavy (non-hydrogen) atoms. The molecule has 0 saturated carbocycles. The van der Waals surface area contributed by atoms with Gasteiger partial charge in [-0.3, -0.25) is 0 Å². The van der Waals surface area contributed by atoms with Crippen LogP contribution >= 0.6 is 0 Å². The summed E-state index contributed by atoms with van der Waals surface area (Å²) in [6, 6.07) is 7.27. The largest absolute Gasteiger partial charge is 0.396 e. The summed E-state index contributed by atoms with van der Waals surface area (Å²) in [7, 11) is -1.53. The van der Waals surface area contributed by atoms with Crippen LogP contribution in [0.25, 0.3) is 0 Å². The van der Waals surface area contributed by atoms with Crippen molar-refractivity contribution in [3.05, 3.63) is 29.8 Å². The number of aliphatic hydroxyl groups excluding tert-OH is 1. The number of nitrogens with zero attached hydrogens (tertiary/aromatic N) is 1. The number of hydrogen-bond donors (Lipinski definition) is 2. The zero-order chi connectivity index (χ0) is 15.5. The third kappa shape index (κ3) is 3.63. The Labute approximate surface area is 127 Å². The summed E-state index contributed by atoms with van der Waals surface area (Å²) in [4.78, 5) is 0.346. The van der Waals surface area contributed by atoms with Crippen LogP contribution in [0.15, 0.2) is 29.2 Å². The van der Waals surface area contributed by atoms with Crippen molar-refractivity contribution < 1.29 is 13.5 Å². The second-order valence-electron chi connectivity index (χ2n) is 5.61. The average Bonchev–Trinajstić information content (AvgIpc) is 2.96. The molecule has 118 valence electrons. The lowest BCUT2D eigenvalue weighted by Crippen LogP contribution is -2.29. The van der Waals surface area contributed by atoms with E-state index in [1.165, 1.54) is 4.31 Å². The Balaban J connectivity index is 2.13. The first-order valence-electron chi connectivity index (χ1n) is 7.37. The molecule has 5 nitrogen and oxygen atoms in total. The minimum atomic E-state index is -3.41. The molecule has 1 aliphatic rings. The second-order valence-corrected chi connectivity index (χ2v) is 7.55. The Hall–Kier alpha value is -0.950. The zero-order valence-electron chi connectivity index (χ0n) is 12.6. The molecule has 1 aliphatic heterocycles. The third-order valence-corrected chi connectivity index (χ3v) is 6.12. The third-order valence-electron chi connectivity index (χ3n) is 4.24. The number of nitrogens with one attached hydrogen (secondary N) is 1. The molecule has 0 amide bonds. The van der Waals surface area contributed by atoms with Gasteiger partial charge >= 0.3 is 0 Å². The molecule has 1 fully saturated rings. The topological polar surface area (TPSA) is 69.6 Å². The molecule has 0 aliphatic carbocycles. The monoisotopic (exact) mass is 312 g/mol. The van der Waals surface area contributed by atoms with E-state index < -0.39 is 10.0 Å². The smallest absolute Gasteiger partial charge is 0.243 e. The van der Waals surface area contributed by atoms with Crippen molar-refractivity contribution in [2.45, 2.75) is 30.7 Å². The maximum absolute atomic E-state index is 12.6. The molecule has 6 heteroatoms. The molecular weight excluding hydrogens is 288 g/mol. The first-order valence-corrected chi connectivity index (χ1v) is 8.81. The minimum Gasteiger partial charge on any atom is -0.396 e. The van der Waals surface area contributed by atoms with Crippen molar-refractivity contribution in [1.29, 1.82) is 0 Å². The standard InChI is InChI=1S/C15H24N2O3S/c1-12(16-2)14-3-5-15(6-4-14)21(19,20)17-9-7-13(11-17)8-10-18/h3-6,12-13,16,18H,7-11H2,1-2H3. The van der Waals surface area contributed by atoms with Gasteiger partial charge in [0.05, 0.1) is 4.90 Å². The van der Waals surface area contributed by atoms with E-state index in [-0.39, 0.29) is 18.6 Å². The van der Waals surface area contributed by atoms with Crippen LogP contribution < -0.4 is 5.32 Å². The summed E-state index contributed by atoms with van der Waals surface area (Å²) in [6.45, 7) is 3.21. The van der Waals surface area contributed by atoms with E-state index in [9.17, 15) is 8.42 Å². The van der Waals surface area contributed by atoms with Crippen molar-refractivity contribution in [3.8, 4) is 0 Å². The van der Waals surface area contributed by atoms with Crippen LogP contribution in [0.4, 0.5) is 0 Å². The molecule has 2 rings (SSSR count). The van der Waals surface area contributed by atoms with Crippen molar-refractivity contribution in [3.63, 3.8) is 0 Å². The molecule has 1 heterocycles. The molecule has 0 bridgehead atoms. The van der Waals surface area contributed by atoms with Gasteiger partial charge in [-0.25, -0.2) is 8.42 Å². The fraction of sp³-hybridized carbons (Fsp3) is 0.600. The molecular formula is C15H24N2O3S. The van der Waals surface area contributed by atoms with E-state index >= 15 is 0 Å². The van der Waals surface area contributed by atoms with Gasteiger partial charge in [0.1, 0.15) is 0 Å². The van der Waals surface area contributed by atoms with Crippen LogP contribution in [-0.2, 0) is 10.0 Å². The van der Waals surface area contributed by atoms with E-state index in [1.54, 1.807) is 12.1 Å². The van der Waals surface area contributed by atoms with Gasteiger partial charge in [0.15, 0.2) is 0 Å². The molecule has 0 radical (unpaired) electrons. The Morgan fingerprint density at radius 3 is 2.62 bits per heavy atom. The fourth-order valence-corrected chi connectivity index (χ4v) is 4.21. The predicted octanol–water partition coefficient (Wildman–Crippen LogP) is 1.36. The van der Waals surface area contributed by atoms with E-state index in [4.69, 9.17) is 5.11 Å². The molecule has 2 atom stereocenters. The number of rotatable bonds is 6. The quantitative estimate of drug-likeness (QED) is 0.832. The van der Waals surface area contributed by atoms with Gasteiger partial charge in [-0.1, -0.05) is 12.1 Å². The van der Waals surface area contributed by atoms with Crippen LogP contribution in [0.5, 0.6) is 0 Å². The minimum absolute atomic E-state index is 0.120. The van der Waals surface area contributed by atoms with Gasteiger partial charge < -0.3 is 10.4 Å². The second kappa shape index (κ2) is 6.87. The summed E-state index contributed by atoms with van der Waals surface area (Å²) in [5.41, 5.74) is 1.07. The van der Waals surface area contributed by atoms with Crippen LogP contribution in [0, 0.1) is 5.92 Å². The number of sulfonamides is 1. The van der Waals surface area contributed by atoms with E-state index in [1.807, 2.05) is 26.1 Å². The Morgan fingerprint density at radius 1 is 1.38 bits per heavy atom. The average molecular weight is 312 g/mol. The molecule has 2 unspecified atom stereocenters. The lowest BCUT2D eigenvalue weighted by atomic mass is 10.1. The maximum Gasteiger partial charge on any atom is 0.243 e. The highest BCUT2D eigenvalue weighted by Gasteiger charge is 2.32. The molecule has 1 aromatic rings. The molecule has 1 saturated heterocycles. The lowest BCUT2D eigenvalue weighted by Gasteiger charge is -2.17. The Kier molecular flexibility index (Phi) is 5.37. The van der Waals surface area contributed by atoms with Gasteiger partial charge in [0.25, 0.3) is 0 Å². The summed E-state index contributed by atoms with van der Waals surface area (Å²) in [5, 5.41) is 12.1. The van der Waals surface area contributed by atoms with E-state index in [0.29, 0.717) is 24.4 Å². The number of aliphatic hydroxyl groups is 1. The van der Waals surface area contributed by atoms with Crippen LogP contribution in [-0.4, -0.2) is 44.6 Å². The van der Waals surface area contributed by atoms with Gasteiger partial charge in [0.2, 0.25) is 10.0 Å². The molecule has 0 aromatic heterocycles. The highest BCUT2D eigenvalue weighted by Crippen LogP contribution is 2.26. The van der Waals surface area contributed by atoms with Crippen LogP contribution in [0.2, 0.25) is 0 Å². The fourth-order valence-electron chi connectivity index (χ4n) is 2.68. The van der Waals surface area contributed by atoms with Crippen LogP contribution in [0.1, 0.15) is 31.4 Å². The number of hydrogen-bond acceptors (Lipinski definition) is 4. The highest BCUT2D eigenvalue weighted by molar-refractivity contribution is 7.89. The number of benzene rings is 1. The van der Waals surface area contributed by atoms with E-state index in [2.05, 4.69) is 5.32 Å². The predicted molar refractivity (Wildman–Crippen MR) is 82.5 cm³/mol. The van der Waals surface area contributed by atoms with Crippen LogP contribution in [0.3, 0.4) is 0 Å². The van der Waals surface area contributed by atoms with Crippen molar-refractivity contribution in [2.24, 2.45) is 5.92 Å². The normalized spacial score (nSPS) is 21.6. The van der Waals surface area contributed by atoms with Crippen molar-refractivity contribution in [1.82, 2.24) is 9.62 Å². The lowest BCUT2D eigenvalue weighted by molar-refractivity contribution is 0.259. The van der Waals surface area contributed by atoms with Gasteiger partial charge in [-0.05, 0) is 50.4 Å². The van der Waals surface area contributed by atoms with Gasteiger partial charge in [-0.15, -0.1) is 0 Å². The highest BCUT2D eigenvalue weighted by atomic mass is 32.2. The SMILES string of the molecule is CNC(C)c1ccc(S(=O)(=O)N2CCC(CCO)C2)cc1.